The number of carbonyl (C=O) groups excluding carboxylic acids is 1. The molecule has 1 aromatic rings. The lowest BCUT2D eigenvalue weighted by atomic mass is 9.92. The second kappa shape index (κ2) is 6.46. The summed E-state index contributed by atoms with van der Waals surface area (Å²) in [7, 11) is 1.84. The molecule has 116 valence electrons. The molecule has 2 heterocycles. The first-order chi connectivity index (χ1) is 9.92. The number of pyridine rings is 1. The van der Waals surface area contributed by atoms with Crippen molar-refractivity contribution in [2.45, 2.75) is 52.5 Å². The van der Waals surface area contributed by atoms with E-state index < -0.39 is 0 Å². The first-order valence-electron chi connectivity index (χ1n) is 7.93. The Morgan fingerprint density at radius 2 is 2.10 bits per heavy atom. The Morgan fingerprint density at radius 3 is 2.67 bits per heavy atom. The highest BCUT2D eigenvalue weighted by Gasteiger charge is 2.28. The van der Waals surface area contributed by atoms with Crippen LogP contribution in [-0.2, 0) is 0 Å². The summed E-state index contributed by atoms with van der Waals surface area (Å²) in [5, 5.41) is 3.06. The van der Waals surface area contributed by atoms with Crippen LogP contribution in [0.2, 0.25) is 0 Å². The number of hydrogen-bond acceptors (Lipinski definition) is 3. The number of amides is 1. The Labute approximate surface area is 127 Å². The number of carbonyl (C=O) groups is 1. The third kappa shape index (κ3) is 3.55. The van der Waals surface area contributed by atoms with E-state index in [1.165, 1.54) is 0 Å². The molecule has 1 N–H and O–H groups in total. The van der Waals surface area contributed by atoms with Gasteiger partial charge in [-0.25, -0.2) is 4.98 Å². The van der Waals surface area contributed by atoms with Crippen molar-refractivity contribution in [3.63, 3.8) is 0 Å². The van der Waals surface area contributed by atoms with E-state index >= 15 is 0 Å². The van der Waals surface area contributed by atoms with Crippen LogP contribution in [0.25, 0.3) is 0 Å². The zero-order valence-electron chi connectivity index (χ0n) is 13.8. The van der Waals surface area contributed by atoms with Gasteiger partial charge in [-0.15, -0.1) is 0 Å². The van der Waals surface area contributed by atoms with Gasteiger partial charge in [0.15, 0.2) is 0 Å². The van der Waals surface area contributed by atoms with E-state index in [1.54, 1.807) is 0 Å². The molecule has 0 aliphatic carbocycles. The molecule has 1 aromatic heterocycles. The Bertz CT molecular complexity index is 513. The molecule has 4 nitrogen and oxygen atoms in total. The highest BCUT2D eigenvalue weighted by Crippen LogP contribution is 2.25. The zero-order chi connectivity index (χ0) is 15.6. The lowest BCUT2D eigenvalue weighted by molar-refractivity contribution is 0.0588. The second-order valence-electron chi connectivity index (χ2n) is 6.55. The summed E-state index contributed by atoms with van der Waals surface area (Å²) in [4.78, 5) is 19.4. The van der Waals surface area contributed by atoms with Gasteiger partial charge in [0.2, 0.25) is 0 Å². The highest BCUT2D eigenvalue weighted by atomic mass is 16.2. The van der Waals surface area contributed by atoms with Gasteiger partial charge in [-0.05, 0) is 43.7 Å². The summed E-state index contributed by atoms with van der Waals surface area (Å²) in [6.45, 7) is 9.47. The molecule has 21 heavy (non-hydrogen) atoms. The third-order valence-corrected chi connectivity index (χ3v) is 4.34. The van der Waals surface area contributed by atoms with Crippen molar-refractivity contribution in [1.82, 2.24) is 9.88 Å². The number of likely N-dealkylation sites (tertiary alicyclic amines) is 1. The van der Waals surface area contributed by atoms with Crippen molar-refractivity contribution in [3.05, 3.63) is 23.4 Å². The molecule has 0 radical (unpaired) electrons. The molecular formula is C17H27N3O. The Kier molecular flexibility index (Phi) is 4.86. The minimum atomic E-state index is 0.134. The fourth-order valence-electron chi connectivity index (χ4n) is 2.97. The average molecular weight is 289 g/mol. The molecule has 1 saturated heterocycles. The van der Waals surface area contributed by atoms with Crippen LogP contribution >= 0.6 is 0 Å². The largest absolute Gasteiger partial charge is 0.373 e. The molecule has 1 fully saturated rings. The number of rotatable bonds is 3. The maximum atomic E-state index is 12.8. The van der Waals surface area contributed by atoms with Crippen molar-refractivity contribution < 1.29 is 4.79 Å². The maximum absolute atomic E-state index is 12.8. The van der Waals surface area contributed by atoms with Crippen LogP contribution in [0.15, 0.2) is 12.1 Å². The zero-order valence-corrected chi connectivity index (χ0v) is 13.8. The lowest BCUT2D eigenvalue weighted by Gasteiger charge is -2.36. The van der Waals surface area contributed by atoms with Crippen molar-refractivity contribution >= 4 is 11.7 Å². The summed E-state index contributed by atoms with van der Waals surface area (Å²) >= 11 is 0. The van der Waals surface area contributed by atoms with Crippen molar-refractivity contribution in [2.75, 3.05) is 18.9 Å². The SMILES string of the molecule is CNc1cc(C(=O)N2CCC(C)CC2C)cc(C(C)C)n1. The standard InChI is InChI=1S/C17H27N3O/c1-11(2)15-9-14(10-16(18-5)19-15)17(21)20-7-6-12(3)8-13(20)4/h9-13H,6-8H2,1-5H3,(H,18,19). The molecule has 0 spiro atoms. The van der Waals surface area contributed by atoms with E-state index in [0.29, 0.717) is 17.9 Å². The number of piperidine rings is 1. The predicted molar refractivity (Wildman–Crippen MR) is 86.8 cm³/mol. The van der Waals surface area contributed by atoms with E-state index in [1.807, 2.05) is 24.1 Å². The van der Waals surface area contributed by atoms with Crippen molar-refractivity contribution in [1.29, 1.82) is 0 Å². The Hall–Kier alpha value is -1.58. The third-order valence-electron chi connectivity index (χ3n) is 4.34. The normalized spacial score (nSPS) is 22.5. The second-order valence-corrected chi connectivity index (χ2v) is 6.55. The van der Waals surface area contributed by atoms with Gasteiger partial charge in [0, 0.05) is 30.9 Å². The summed E-state index contributed by atoms with van der Waals surface area (Å²) in [6, 6.07) is 4.12. The number of nitrogens with zero attached hydrogens (tertiary/aromatic N) is 2. The van der Waals surface area contributed by atoms with E-state index in [2.05, 4.69) is 38.0 Å². The number of anilines is 1. The molecular weight excluding hydrogens is 262 g/mol. The van der Waals surface area contributed by atoms with Gasteiger partial charge in [0.1, 0.15) is 5.82 Å². The maximum Gasteiger partial charge on any atom is 0.254 e. The van der Waals surface area contributed by atoms with E-state index in [-0.39, 0.29) is 5.91 Å². The fourth-order valence-corrected chi connectivity index (χ4v) is 2.97. The first kappa shape index (κ1) is 15.8. The Balaban J connectivity index is 2.28. The lowest BCUT2D eigenvalue weighted by Crippen LogP contribution is -2.44. The van der Waals surface area contributed by atoms with Crippen LogP contribution in [0.3, 0.4) is 0 Å². The smallest absolute Gasteiger partial charge is 0.254 e. The summed E-state index contributed by atoms with van der Waals surface area (Å²) < 4.78 is 0. The first-order valence-corrected chi connectivity index (χ1v) is 7.93. The van der Waals surface area contributed by atoms with Gasteiger partial charge in [-0.2, -0.15) is 0 Å². The monoisotopic (exact) mass is 289 g/mol. The van der Waals surface area contributed by atoms with Gasteiger partial charge in [-0.1, -0.05) is 20.8 Å². The average Bonchev–Trinajstić information content (AvgIpc) is 2.46. The predicted octanol–water partition coefficient (Wildman–Crippen LogP) is 3.51. The summed E-state index contributed by atoms with van der Waals surface area (Å²) in [5.41, 5.74) is 1.71. The van der Waals surface area contributed by atoms with Crippen molar-refractivity contribution in [3.8, 4) is 0 Å². The number of aromatic nitrogens is 1. The molecule has 1 aliphatic rings. The molecule has 0 aromatic carbocycles. The van der Waals surface area contributed by atoms with Crippen LogP contribution in [0.5, 0.6) is 0 Å². The summed E-state index contributed by atoms with van der Waals surface area (Å²) in [5.74, 6) is 1.92. The van der Waals surface area contributed by atoms with Gasteiger partial charge < -0.3 is 10.2 Å². The number of hydrogen-bond donors (Lipinski definition) is 1. The topological polar surface area (TPSA) is 45.2 Å². The van der Waals surface area contributed by atoms with Crippen molar-refractivity contribution in [2.24, 2.45) is 5.92 Å². The molecule has 0 bridgehead atoms. The van der Waals surface area contributed by atoms with E-state index in [9.17, 15) is 4.79 Å². The molecule has 2 unspecified atom stereocenters. The van der Waals surface area contributed by atoms with E-state index in [0.717, 1.165) is 36.5 Å². The van der Waals surface area contributed by atoms with Gasteiger partial charge in [0.05, 0.1) is 0 Å². The van der Waals surface area contributed by atoms with Gasteiger partial charge in [0.25, 0.3) is 5.91 Å². The molecule has 1 amide bonds. The minimum Gasteiger partial charge on any atom is -0.373 e. The quantitative estimate of drug-likeness (QED) is 0.926. The Morgan fingerprint density at radius 1 is 1.38 bits per heavy atom. The molecule has 2 atom stereocenters. The van der Waals surface area contributed by atoms with E-state index in [4.69, 9.17) is 0 Å². The van der Waals surface area contributed by atoms with Gasteiger partial charge >= 0.3 is 0 Å². The molecule has 4 heteroatoms. The molecule has 0 saturated carbocycles. The number of nitrogens with one attached hydrogen (secondary N) is 1. The molecule has 1 aliphatic heterocycles. The summed E-state index contributed by atoms with van der Waals surface area (Å²) in [6.07, 6.45) is 2.18. The van der Waals surface area contributed by atoms with Crippen LogP contribution < -0.4 is 5.32 Å². The molecule has 2 rings (SSSR count). The highest BCUT2D eigenvalue weighted by molar-refractivity contribution is 5.95. The minimum absolute atomic E-state index is 0.134. The van der Waals surface area contributed by atoms with Gasteiger partial charge in [-0.3, -0.25) is 4.79 Å². The fraction of sp³-hybridized carbons (Fsp3) is 0.647. The van der Waals surface area contributed by atoms with Crippen LogP contribution in [0.4, 0.5) is 5.82 Å². The van der Waals surface area contributed by atoms with Crippen LogP contribution in [0.1, 0.15) is 62.5 Å². The van der Waals surface area contributed by atoms with Crippen LogP contribution in [-0.4, -0.2) is 35.4 Å². The van der Waals surface area contributed by atoms with Crippen LogP contribution in [0, 0.1) is 5.92 Å².